The number of carbonyl (C=O) groups is 1. The molecule has 0 saturated carbocycles. The van der Waals surface area contributed by atoms with Gasteiger partial charge in [0.15, 0.2) is 11.0 Å². The SMILES string of the molecule is O=C(CSc1nnc(-c2ccc(F)cc2)n1-c1ccccc1)Nc1cc([N+](=O)[O-])ccc1Cl. The molecule has 0 unspecified atom stereocenters. The molecule has 8 nitrogen and oxygen atoms in total. The normalized spacial score (nSPS) is 10.7. The zero-order chi connectivity index (χ0) is 23.4. The highest BCUT2D eigenvalue weighted by molar-refractivity contribution is 7.99. The van der Waals surface area contributed by atoms with E-state index in [0.29, 0.717) is 16.5 Å². The third kappa shape index (κ3) is 5.18. The second kappa shape index (κ2) is 9.80. The number of nitro benzene ring substituents is 1. The zero-order valence-electron chi connectivity index (χ0n) is 16.8. The fourth-order valence-corrected chi connectivity index (χ4v) is 3.91. The number of anilines is 1. The number of halogens is 2. The van der Waals surface area contributed by atoms with Crippen LogP contribution < -0.4 is 5.32 Å². The van der Waals surface area contributed by atoms with E-state index in [9.17, 15) is 19.3 Å². The Kier molecular flexibility index (Phi) is 6.66. The average molecular weight is 484 g/mol. The van der Waals surface area contributed by atoms with Crippen molar-refractivity contribution in [2.45, 2.75) is 5.16 Å². The van der Waals surface area contributed by atoms with Gasteiger partial charge in [0.2, 0.25) is 5.91 Å². The number of aromatic nitrogens is 3. The summed E-state index contributed by atoms with van der Waals surface area (Å²) in [5.41, 5.74) is 1.39. The Morgan fingerprint density at radius 2 is 1.82 bits per heavy atom. The lowest BCUT2D eigenvalue weighted by molar-refractivity contribution is -0.384. The zero-order valence-corrected chi connectivity index (χ0v) is 18.4. The smallest absolute Gasteiger partial charge is 0.271 e. The molecule has 3 aromatic carbocycles. The number of benzene rings is 3. The number of thioether (sulfide) groups is 1. The molecule has 1 N–H and O–H groups in total. The van der Waals surface area contributed by atoms with Crippen molar-refractivity contribution >= 4 is 40.6 Å². The van der Waals surface area contributed by atoms with E-state index in [0.717, 1.165) is 17.4 Å². The molecule has 0 atom stereocenters. The Balaban J connectivity index is 1.57. The largest absolute Gasteiger partial charge is 0.324 e. The molecular formula is C22H15ClFN5O3S. The Morgan fingerprint density at radius 1 is 1.09 bits per heavy atom. The summed E-state index contributed by atoms with van der Waals surface area (Å²) in [5.74, 6) is -0.345. The first-order valence-corrected chi connectivity index (χ1v) is 10.9. The summed E-state index contributed by atoms with van der Waals surface area (Å²) in [6, 6.07) is 19.0. The summed E-state index contributed by atoms with van der Waals surface area (Å²) >= 11 is 7.18. The molecule has 1 amide bonds. The molecule has 0 radical (unpaired) electrons. The van der Waals surface area contributed by atoms with Gasteiger partial charge in [0, 0.05) is 23.4 Å². The van der Waals surface area contributed by atoms with Crippen LogP contribution in [0.15, 0.2) is 78.0 Å². The van der Waals surface area contributed by atoms with Crippen LogP contribution in [0.1, 0.15) is 0 Å². The maximum absolute atomic E-state index is 13.4. The molecule has 4 rings (SSSR count). The first kappa shape index (κ1) is 22.4. The quantitative estimate of drug-likeness (QED) is 0.215. The lowest BCUT2D eigenvalue weighted by atomic mass is 10.2. The minimum Gasteiger partial charge on any atom is -0.324 e. The topological polar surface area (TPSA) is 103 Å². The van der Waals surface area contributed by atoms with E-state index in [1.807, 2.05) is 30.3 Å². The summed E-state index contributed by atoms with van der Waals surface area (Å²) in [6.07, 6.45) is 0. The van der Waals surface area contributed by atoms with Gasteiger partial charge in [-0.15, -0.1) is 10.2 Å². The van der Waals surface area contributed by atoms with Gasteiger partial charge in [-0.3, -0.25) is 19.5 Å². The van der Waals surface area contributed by atoms with Crippen LogP contribution in [0, 0.1) is 15.9 Å². The lowest BCUT2D eigenvalue weighted by Gasteiger charge is -2.11. The number of hydrogen-bond donors (Lipinski definition) is 1. The van der Waals surface area contributed by atoms with Gasteiger partial charge in [-0.25, -0.2) is 4.39 Å². The lowest BCUT2D eigenvalue weighted by Crippen LogP contribution is -2.15. The summed E-state index contributed by atoms with van der Waals surface area (Å²) in [5, 5.41) is 22.6. The van der Waals surface area contributed by atoms with Crippen molar-refractivity contribution in [1.29, 1.82) is 0 Å². The number of nitrogens with one attached hydrogen (secondary N) is 1. The number of carbonyl (C=O) groups excluding carboxylic acids is 1. The Labute approximate surface area is 196 Å². The molecule has 0 aliphatic carbocycles. The molecular weight excluding hydrogens is 469 g/mol. The number of rotatable bonds is 7. The van der Waals surface area contributed by atoms with Crippen LogP contribution >= 0.6 is 23.4 Å². The monoisotopic (exact) mass is 483 g/mol. The number of para-hydroxylation sites is 1. The minimum atomic E-state index is -0.569. The Hall–Kier alpha value is -3.76. The highest BCUT2D eigenvalue weighted by atomic mass is 35.5. The van der Waals surface area contributed by atoms with Gasteiger partial charge in [-0.2, -0.15) is 0 Å². The van der Waals surface area contributed by atoms with Gasteiger partial charge < -0.3 is 5.32 Å². The standard InChI is InChI=1S/C22H15ClFN5O3S/c23-18-11-10-17(29(31)32)12-19(18)25-20(30)13-33-22-27-26-21(14-6-8-15(24)9-7-14)28(22)16-4-2-1-3-5-16/h1-12H,13H2,(H,25,30). The number of amides is 1. The second-order valence-corrected chi connectivity index (χ2v) is 8.09. The van der Waals surface area contributed by atoms with Crippen molar-refractivity contribution in [2.24, 2.45) is 0 Å². The van der Waals surface area contributed by atoms with E-state index in [2.05, 4.69) is 15.5 Å². The van der Waals surface area contributed by atoms with Gasteiger partial charge in [-0.05, 0) is 42.5 Å². The van der Waals surface area contributed by atoms with Gasteiger partial charge in [0.25, 0.3) is 5.69 Å². The third-order valence-electron chi connectivity index (χ3n) is 4.52. The van der Waals surface area contributed by atoms with Crippen LogP contribution in [-0.2, 0) is 4.79 Å². The molecule has 11 heteroatoms. The highest BCUT2D eigenvalue weighted by Gasteiger charge is 2.18. The van der Waals surface area contributed by atoms with E-state index in [-0.39, 0.29) is 28.0 Å². The molecule has 0 saturated heterocycles. The van der Waals surface area contributed by atoms with Gasteiger partial charge >= 0.3 is 0 Å². The summed E-state index contributed by atoms with van der Waals surface area (Å²) in [7, 11) is 0. The van der Waals surface area contributed by atoms with Crippen molar-refractivity contribution in [3.63, 3.8) is 0 Å². The fourth-order valence-electron chi connectivity index (χ4n) is 3.00. The fraction of sp³-hybridized carbons (Fsp3) is 0.0455. The summed E-state index contributed by atoms with van der Waals surface area (Å²) in [6.45, 7) is 0. The van der Waals surface area contributed by atoms with Crippen molar-refractivity contribution in [2.75, 3.05) is 11.1 Å². The van der Waals surface area contributed by atoms with E-state index in [1.54, 1.807) is 16.7 Å². The molecule has 166 valence electrons. The molecule has 1 aromatic heterocycles. The Morgan fingerprint density at radius 3 is 2.52 bits per heavy atom. The first-order chi connectivity index (χ1) is 15.9. The molecule has 0 aliphatic rings. The van der Waals surface area contributed by atoms with Crippen molar-refractivity contribution < 1.29 is 14.1 Å². The number of nitrogens with zero attached hydrogens (tertiary/aromatic N) is 4. The molecule has 1 heterocycles. The molecule has 0 spiro atoms. The molecule has 0 fully saturated rings. The predicted molar refractivity (Wildman–Crippen MR) is 124 cm³/mol. The van der Waals surface area contributed by atoms with E-state index in [1.165, 1.54) is 30.3 Å². The molecule has 0 bridgehead atoms. The van der Waals surface area contributed by atoms with E-state index < -0.39 is 10.8 Å². The molecule has 33 heavy (non-hydrogen) atoms. The van der Waals surface area contributed by atoms with Crippen LogP contribution in [-0.4, -0.2) is 31.3 Å². The molecule has 0 aliphatic heterocycles. The highest BCUT2D eigenvalue weighted by Crippen LogP contribution is 2.29. The van der Waals surface area contributed by atoms with Crippen molar-refractivity contribution in [3.8, 4) is 17.1 Å². The van der Waals surface area contributed by atoms with Crippen LogP contribution in [0.25, 0.3) is 17.1 Å². The van der Waals surface area contributed by atoms with Gasteiger partial charge in [-0.1, -0.05) is 41.6 Å². The maximum atomic E-state index is 13.4. The second-order valence-electron chi connectivity index (χ2n) is 6.74. The van der Waals surface area contributed by atoms with Crippen molar-refractivity contribution in [1.82, 2.24) is 14.8 Å². The minimum absolute atomic E-state index is 0.0482. The number of nitro groups is 1. The van der Waals surface area contributed by atoms with Crippen LogP contribution in [0.5, 0.6) is 0 Å². The van der Waals surface area contributed by atoms with Gasteiger partial charge in [0.05, 0.1) is 21.4 Å². The summed E-state index contributed by atoms with van der Waals surface area (Å²) < 4.78 is 15.1. The molecule has 4 aromatic rings. The van der Waals surface area contributed by atoms with Crippen LogP contribution in [0.2, 0.25) is 5.02 Å². The Bertz CT molecular complexity index is 1320. The van der Waals surface area contributed by atoms with Gasteiger partial charge in [0.1, 0.15) is 5.82 Å². The average Bonchev–Trinajstić information content (AvgIpc) is 3.24. The van der Waals surface area contributed by atoms with Crippen LogP contribution in [0.3, 0.4) is 0 Å². The number of hydrogen-bond acceptors (Lipinski definition) is 6. The summed E-state index contributed by atoms with van der Waals surface area (Å²) in [4.78, 5) is 22.9. The maximum Gasteiger partial charge on any atom is 0.271 e. The van der Waals surface area contributed by atoms with E-state index >= 15 is 0 Å². The first-order valence-electron chi connectivity index (χ1n) is 9.56. The predicted octanol–water partition coefficient (Wildman–Crippen LogP) is 5.37. The number of non-ortho nitro benzene ring substituents is 1. The van der Waals surface area contributed by atoms with Crippen LogP contribution in [0.4, 0.5) is 15.8 Å². The van der Waals surface area contributed by atoms with E-state index in [4.69, 9.17) is 11.6 Å². The third-order valence-corrected chi connectivity index (χ3v) is 5.78. The van der Waals surface area contributed by atoms with Crippen molar-refractivity contribution in [3.05, 3.63) is 93.8 Å².